The molecule has 1 rings (SSSR count). The van der Waals surface area contributed by atoms with Gasteiger partial charge in [-0.15, -0.1) is 11.8 Å². The van der Waals surface area contributed by atoms with Crippen LogP contribution in [0.3, 0.4) is 0 Å². The molecule has 112 valence electrons. The summed E-state index contributed by atoms with van der Waals surface area (Å²) in [4.78, 5) is 13.0. The average Bonchev–Trinajstić information content (AvgIpc) is 2.44. The fourth-order valence-corrected chi connectivity index (χ4v) is 2.90. The first kappa shape index (κ1) is 17.6. The van der Waals surface area contributed by atoms with E-state index in [2.05, 4.69) is 5.32 Å². The maximum atomic E-state index is 12.2. The second kappa shape index (κ2) is 7.55. The van der Waals surface area contributed by atoms with Gasteiger partial charge in [-0.05, 0) is 31.2 Å². The van der Waals surface area contributed by atoms with Crippen LogP contribution in [0.1, 0.15) is 37.0 Å². The Morgan fingerprint density at radius 3 is 2.40 bits per heavy atom. The largest absolute Gasteiger partial charge is 0.350 e. The highest BCUT2D eigenvalue weighted by Crippen LogP contribution is 2.31. The highest BCUT2D eigenvalue weighted by Gasteiger charge is 2.22. The molecule has 1 amide bonds. The Hall–Kier alpha value is -0.420. The highest BCUT2D eigenvalue weighted by molar-refractivity contribution is 7.98. The minimum atomic E-state index is -0.378. The fourth-order valence-electron chi connectivity index (χ4n) is 1.71. The van der Waals surface area contributed by atoms with E-state index in [1.165, 1.54) is 11.8 Å². The van der Waals surface area contributed by atoms with Crippen molar-refractivity contribution in [1.29, 1.82) is 0 Å². The summed E-state index contributed by atoms with van der Waals surface area (Å²) in [7, 11) is 0. The van der Waals surface area contributed by atoms with Crippen LogP contribution in [0.5, 0.6) is 0 Å². The zero-order chi connectivity index (χ0) is 15.3. The van der Waals surface area contributed by atoms with E-state index in [0.29, 0.717) is 22.2 Å². The molecule has 0 spiro atoms. The Balaban J connectivity index is 2.88. The summed E-state index contributed by atoms with van der Waals surface area (Å²) in [5.41, 5.74) is 6.22. The van der Waals surface area contributed by atoms with E-state index < -0.39 is 0 Å². The molecule has 6 heteroatoms. The molecule has 0 fully saturated rings. The van der Waals surface area contributed by atoms with Gasteiger partial charge in [0.2, 0.25) is 0 Å². The number of halogens is 2. The van der Waals surface area contributed by atoms with Crippen LogP contribution in [0.4, 0.5) is 0 Å². The molecule has 0 aliphatic heterocycles. The molecule has 0 radical (unpaired) electrons. The molecule has 1 aromatic rings. The van der Waals surface area contributed by atoms with Gasteiger partial charge in [-0.25, -0.2) is 0 Å². The maximum Gasteiger partial charge on any atom is 0.252 e. The molecule has 0 unspecified atom stereocenters. The first-order valence-electron chi connectivity index (χ1n) is 6.47. The smallest absolute Gasteiger partial charge is 0.252 e. The molecular formula is C14H20Cl2N2OS. The Morgan fingerprint density at radius 1 is 1.30 bits per heavy atom. The van der Waals surface area contributed by atoms with Gasteiger partial charge in [0, 0.05) is 17.0 Å². The zero-order valence-corrected chi connectivity index (χ0v) is 14.3. The second-order valence-corrected chi connectivity index (χ2v) is 6.38. The lowest BCUT2D eigenvalue weighted by molar-refractivity contribution is 0.0942. The number of benzene rings is 1. The topological polar surface area (TPSA) is 55.1 Å². The van der Waals surface area contributed by atoms with Crippen molar-refractivity contribution in [3.63, 3.8) is 0 Å². The van der Waals surface area contributed by atoms with Crippen LogP contribution in [0.2, 0.25) is 10.0 Å². The van der Waals surface area contributed by atoms with Crippen molar-refractivity contribution in [3.05, 3.63) is 27.7 Å². The van der Waals surface area contributed by atoms with Gasteiger partial charge in [-0.2, -0.15) is 0 Å². The second-order valence-electron chi connectivity index (χ2n) is 4.72. The molecule has 0 atom stereocenters. The minimum absolute atomic E-state index is 0.223. The molecular weight excluding hydrogens is 315 g/mol. The van der Waals surface area contributed by atoms with Crippen molar-refractivity contribution in [1.82, 2.24) is 5.32 Å². The monoisotopic (exact) mass is 334 g/mol. The predicted molar refractivity (Wildman–Crippen MR) is 88.1 cm³/mol. The lowest BCUT2D eigenvalue weighted by Crippen LogP contribution is -2.49. The molecule has 0 aliphatic rings. The average molecular weight is 335 g/mol. The number of nitrogens with one attached hydrogen (secondary N) is 1. The first-order valence-corrected chi connectivity index (χ1v) is 8.45. The Morgan fingerprint density at radius 2 is 1.90 bits per heavy atom. The Bertz CT molecular complexity index is 490. The number of carbonyl (C=O) groups excluding carboxylic acids is 1. The normalized spacial score (nSPS) is 11.5. The third kappa shape index (κ3) is 4.29. The summed E-state index contributed by atoms with van der Waals surface area (Å²) >= 11 is 13.6. The molecule has 0 heterocycles. The van der Waals surface area contributed by atoms with Gasteiger partial charge >= 0.3 is 0 Å². The standard InChI is InChI=1S/C14H20Cl2N2OS/c1-4-14(17,5-2)8-18-13(19)9-6-12(20-3)11(16)7-10(9)15/h6-7H,4-5,8,17H2,1-3H3,(H,18,19). The van der Waals surface area contributed by atoms with Gasteiger partial charge in [0.15, 0.2) is 0 Å². The molecule has 0 saturated carbocycles. The van der Waals surface area contributed by atoms with Crippen molar-refractivity contribution in [2.24, 2.45) is 5.73 Å². The number of hydrogen-bond acceptors (Lipinski definition) is 3. The molecule has 0 saturated heterocycles. The van der Waals surface area contributed by atoms with E-state index in [1.54, 1.807) is 12.1 Å². The van der Waals surface area contributed by atoms with Crippen LogP contribution < -0.4 is 11.1 Å². The summed E-state index contributed by atoms with van der Waals surface area (Å²) in [6.07, 6.45) is 3.50. The van der Waals surface area contributed by atoms with Crippen molar-refractivity contribution >= 4 is 40.9 Å². The third-order valence-corrected chi connectivity index (χ3v) is 5.01. The first-order chi connectivity index (χ1) is 9.36. The highest BCUT2D eigenvalue weighted by atomic mass is 35.5. The van der Waals surface area contributed by atoms with Gasteiger partial charge in [0.05, 0.1) is 15.6 Å². The zero-order valence-electron chi connectivity index (χ0n) is 11.9. The van der Waals surface area contributed by atoms with Gasteiger partial charge in [0.25, 0.3) is 5.91 Å². The van der Waals surface area contributed by atoms with Gasteiger partial charge in [0.1, 0.15) is 0 Å². The summed E-state index contributed by atoms with van der Waals surface area (Å²) in [5.74, 6) is -0.223. The van der Waals surface area contributed by atoms with Crippen LogP contribution in [0.15, 0.2) is 17.0 Å². The molecule has 0 bridgehead atoms. The lowest BCUT2D eigenvalue weighted by atomic mass is 9.94. The van der Waals surface area contributed by atoms with Crippen LogP contribution in [0.25, 0.3) is 0 Å². The summed E-state index contributed by atoms with van der Waals surface area (Å²) in [6, 6.07) is 3.31. The van der Waals surface area contributed by atoms with Crippen LogP contribution in [0, 0.1) is 0 Å². The van der Waals surface area contributed by atoms with Crippen molar-refractivity contribution in [2.75, 3.05) is 12.8 Å². The Labute approximate surface area is 134 Å². The number of nitrogens with two attached hydrogens (primary N) is 1. The number of rotatable bonds is 6. The van der Waals surface area contributed by atoms with Gasteiger partial charge in [-0.1, -0.05) is 37.0 Å². The number of thioether (sulfide) groups is 1. The fraction of sp³-hybridized carbons (Fsp3) is 0.500. The third-order valence-electron chi connectivity index (χ3n) is 3.50. The number of amides is 1. The number of carbonyl (C=O) groups is 1. The Kier molecular flexibility index (Phi) is 6.65. The van der Waals surface area contributed by atoms with Crippen LogP contribution in [-0.2, 0) is 0 Å². The quantitative estimate of drug-likeness (QED) is 0.774. The molecule has 3 nitrogen and oxygen atoms in total. The van der Waals surface area contributed by atoms with Gasteiger partial charge < -0.3 is 11.1 Å². The molecule has 20 heavy (non-hydrogen) atoms. The maximum absolute atomic E-state index is 12.2. The predicted octanol–water partition coefficient (Wildman–Crippen LogP) is 3.96. The van der Waals surface area contributed by atoms with E-state index in [4.69, 9.17) is 28.9 Å². The SMILES string of the molecule is CCC(N)(CC)CNC(=O)c1cc(SC)c(Cl)cc1Cl. The van der Waals surface area contributed by atoms with Crippen molar-refractivity contribution in [3.8, 4) is 0 Å². The lowest BCUT2D eigenvalue weighted by Gasteiger charge is -2.26. The molecule has 0 aliphatic carbocycles. The van der Waals surface area contributed by atoms with E-state index in [-0.39, 0.29) is 11.4 Å². The molecule has 3 N–H and O–H groups in total. The van der Waals surface area contributed by atoms with Crippen LogP contribution >= 0.6 is 35.0 Å². The van der Waals surface area contributed by atoms with Gasteiger partial charge in [-0.3, -0.25) is 4.79 Å². The molecule has 1 aromatic carbocycles. The summed E-state index contributed by atoms with van der Waals surface area (Å²) in [6.45, 7) is 4.44. The van der Waals surface area contributed by atoms with E-state index in [1.807, 2.05) is 20.1 Å². The van der Waals surface area contributed by atoms with Crippen molar-refractivity contribution < 1.29 is 4.79 Å². The minimum Gasteiger partial charge on any atom is -0.350 e. The van der Waals surface area contributed by atoms with E-state index >= 15 is 0 Å². The number of hydrogen-bond donors (Lipinski definition) is 2. The van der Waals surface area contributed by atoms with E-state index in [9.17, 15) is 4.79 Å². The molecule has 0 aromatic heterocycles. The van der Waals surface area contributed by atoms with Crippen LogP contribution in [-0.4, -0.2) is 24.2 Å². The van der Waals surface area contributed by atoms with E-state index in [0.717, 1.165) is 17.7 Å². The summed E-state index contributed by atoms with van der Waals surface area (Å²) < 4.78 is 0. The van der Waals surface area contributed by atoms with Crippen molar-refractivity contribution in [2.45, 2.75) is 37.1 Å². The summed E-state index contributed by atoms with van der Waals surface area (Å²) in [5, 5.41) is 3.75.